The number of halogens is 3. The fourth-order valence-corrected chi connectivity index (χ4v) is 5.07. The van der Waals surface area contributed by atoms with Crippen LogP contribution in [0.5, 0.6) is 0 Å². The highest BCUT2D eigenvalue weighted by Crippen LogP contribution is 2.36. The molecule has 3 heterocycles. The maximum Gasteiger partial charge on any atom is 0.490 e. The van der Waals surface area contributed by atoms with Crippen LogP contribution in [0.4, 0.5) is 13.2 Å². The number of carbonyl (C=O) groups is 2. The lowest BCUT2D eigenvalue weighted by Crippen LogP contribution is -2.43. The highest BCUT2D eigenvalue weighted by Gasteiger charge is 2.40. The fraction of sp³-hybridized carbons (Fsp3) is 0.500. The van der Waals surface area contributed by atoms with Crippen LogP contribution in [0.15, 0.2) is 30.5 Å². The number of hydrogen-bond donors (Lipinski definition) is 1. The number of aromatic nitrogens is 1. The first-order valence-electron chi connectivity index (χ1n) is 9.82. The Bertz CT molecular complexity index is 1110. The van der Waals surface area contributed by atoms with Crippen molar-refractivity contribution in [1.29, 1.82) is 0 Å². The number of ether oxygens (including phenoxy) is 1. The van der Waals surface area contributed by atoms with Gasteiger partial charge in [-0.15, -0.1) is 0 Å². The third-order valence-electron chi connectivity index (χ3n) is 5.83. The molecule has 0 unspecified atom stereocenters. The van der Waals surface area contributed by atoms with Crippen molar-refractivity contribution in [3.05, 3.63) is 36.0 Å². The Hall–Kier alpha value is -2.60. The number of nitrogens with zero attached hydrogens (tertiary/aromatic N) is 2. The van der Waals surface area contributed by atoms with Gasteiger partial charge in [0.25, 0.3) is 0 Å². The van der Waals surface area contributed by atoms with Gasteiger partial charge in [0, 0.05) is 36.5 Å². The number of aliphatic carboxylic acids is 1. The molecule has 2 fully saturated rings. The van der Waals surface area contributed by atoms with Crippen LogP contribution < -0.4 is 0 Å². The topological polar surface area (TPSA) is 106 Å². The summed E-state index contributed by atoms with van der Waals surface area (Å²) >= 11 is 0. The maximum absolute atomic E-state index is 12.7. The van der Waals surface area contributed by atoms with Crippen molar-refractivity contribution in [3.63, 3.8) is 0 Å². The van der Waals surface area contributed by atoms with Crippen LogP contribution in [0, 0.1) is 0 Å². The molecule has 1 aromatic carbocycles. The minimum absolute atomic E-state index is 0.0958. The molecule has 2 aromatic rings. The number of carboxylic acid groups (broad SMARTS) is 1. The molecule has 32 heavy (non-hydrogen) atoms. The molecule has 0 spiro atoms. The molecule has 0 aliphatic carbocycles. The molecule has 176 valence electrons. The number of carbonyl (C=O) groups excluding carboxylic acids is 1. The Morgan fingerprint density at radius 1 is 1.12 bits per heavy atom. The minimum Gasteiger partial charge on any atom is -0.475 e. The number of alkyl halides is 3. The summed E-state index contributed by atoms with van der Waals surface area (Å²) in [6, 6.07) is 7.97. The first-order valence-corrected chi connectivity index (χ1v) is 11.7. The number of piperidine rings is 1. The summed E-state index contributed by atoms with van der Waals surface area (Å²) in [6.07, 6.45) is 1.34. The molecule has 1 N–H and O–H groups in total. The van der Waals surface area contributed by atoms with E-state index in [9.17, 15) is 26.4 Å². The molecular formula is C20H23F3N2O6S. The van der Waals surface area contributed by atoms with Gasteiger partial charge in [-0.05, 0) is 26.0 Å². The molecule has 2 saturated heterocycles. The number of carboxylic acids is 1. The standard InChI is InChI=1S/C18H22N2O4S.C2HF3O2/c1-19-12-7-8-13(19)10-14(9-12)24-18(21)16-11-20(25(2,22)23)17-6-4-3-5-15(16)17;3-2(4,5)1(6)7/h3-6,11-14H,7-10H2,1-2H3;(H,6,7)/t12-,13+,14+;. The Morgan fingerprint density at radius 3 is 2.16 bits per heavy atom. The van der Waals surface area contributed by atoms with Gasteiger partial charge in [0.15, 0.2) is 0 Å². The summed E-state index contributed by atoms with van der Waals surface area (Å²) in [5, 5.41) is 7.73. The lowest BCUT2D eigenvalue weighted by atomic mass is 10.0. The molecule has 2 bridgehead atoms. The van der Waals surface area contributed by atoms with Gasteiger partial charge in [-0.1, -0.05) is 18.2 Å². The molecule has 8 nitrogen and oxygen atoms in total. The second kappa shape index (κ2) is 8.74. The van der Waals surface area contributed by atoms with E-state index in [1.807, 2.05) is 0 Å². The van der Waals surface area contributed by atoms with E-state index in [4.69, 9.17) is 14.6 Å². The van der Waals surface area contributed by atoms with Crippen molar-refractivity contribution in [2.75, 3.05) is 13.3 Å². The van der Waals surface area contributed by atoms with Crippen LogP contribution in [-0.2, 0) is 19.6 Å². The molecule has 4 rings (SSSR count). The van der Waals surface area contributed by atoms with Gasteiger partial charge in [0.1, 0.15) is 6.10 Å². The zero-order valence-corrected chi connectivity index (χ0v) is 18.2. The molecule has 2 aliphatic rings. The predicted octanol–water partition coefficient (Wildman–Crippen LogP) is 2.86. The maximum atomic E-state index is 12.7. The first-order chi connectivity index (χ1) is 14.8. The fourth-order valence-electron chi connectivity index (χ4n) is 4.26. The Labute approximate surface area is 182 Å². The third-order valence-corrected chi connectivity index (χ3v) is 6.84. The molecule has 1 aromatic heterocycles. The summed E-state index contributed by atoms with van der Waals surface area (Å²) in [4.78, 5) is 24.0. The van der Waals surface area contributed by atoms with Crippen molar-refractivity contribution >= 4 is 32.9 Å². The summed E-state index contributed by atoms with van der Waals surface area (Å²) in [7, 11) is -1.35. The van der Waals surface area contributed by atoms with Crippen molar-refractivity contribution in [3.8, 4) is 0 Å². The van der Waals surface area contributed by atoms with Crippen molar-refractivity contribution in [1.82, 2.24) is 8.87 Å². The number of fused-ring (bicyclic) bond motifs is 3. The highest BCUT2D eigenvalue weighted by molar-refractivity contribution is 7.89. The number of esters is 1. The van der Waals surface area contributed by atoms with E-state index in [0.29, 0.717) is 28.6 Å². The van der Waals surface area contributed by atoms with E-state index in [1.165, 1.54) is 6.20 Å². The zero-order chi connectivity index (χ0) is 23.8. The Balaban J connectivity index is 0.000000360. The molecule has 0 saturated carbocycles. The molecule has 12 heteroatoms. The Morgan fingerprint density at radius 2 is 1.66 bits per heavy atom. The molecule has 0 radical (unpaired) electrons. The summed E-state index contributed by atoms with van der Waals surface area (Å²) < 4.78 is 62.7. The lowest BCUT2D eigenvalue weighted by Gasteiger charge is -2.35. The normalized spacial score (nSPS) is 23.5. The van der Waals surface area contributed by atoms with E-state index >= 15 is 0 Å². The van der Waals surface area contributed by atoms with Gasteiger partial charge in [-0.3, -0.25) is 0 Å². The van der Waals surface area contributed by atoms with Crippen molar-refractivity contribution in [2.24, 2.45) is 0 Å². The van der Waals surface area contributed by atoms with Gasteiger partial charge < -0.3 is 14.7 Å². The summed E-state index contributed by atoms with van der Waals surface area (Å²) in [5.41, 5.74) is 0.813. The van der Waals surface area contributed by atoms with E-state index in [-0.39, 0.29) is 6.10 Å². The summed E-state index contributed by atoms with van der Waals surface area (Å²) in [5.74, 6) is -3.19. The van der Waals surface area contributed by atoms with Crippen LogP contribution in [0.25, 0.3) is 10.9 Å². The number of hydrogen-bond acceptors (Lipinski definition) is 6. The molecule has 3 atom stereocenters. The average molecular weight is 476 g/mol. The van der Waals surface area contributed by atoms with Gasteiger partial charge in [-0.25, -0.2) is 22.0 Å². The summed E-state index contributed by atoms with van der Waals surface area (Å²) in [6.45, 7) is 0. The number of para-hydroxylation sites is 1. The number of benzene rings is 1. The van der Waals surface area contributed by atoms with Crippen LogP contribution in [0.1, 0.15) is 36.0 Å². The van der Waals surface area contributed by atoms with E-state index in [2.05, 4.69) is 11.9 Å². The molecule has 2 aliphatic heterocycles. The minimum atomic E-state index is -5.08. The second-order valence-electron chi connectivity index (χ2n) is 7.97. The van der Waals surface area contributed by atoms with Gasteiger partial charge in [0.2, 0.25) is 10.0 Å². The monoisotopic (exact) mass is 476 g/mol. The van der Waals surface area contributed by atoms with E-state index in [1.54, 1.807) is 24.3 Å². The van der Waals surface area contributed by atoms with Gasteiger partial charge in [-0.2, -0.15) is 13.2 Å². The van der Waals surface area contributed by atoms with Crippen LogP contribution in [0.3, 0.4) is 0 Å². The van der Waals surface area contributed by atoms with Crippen LogP contribution in [0.2, 0.25) is 0 Å². The molecule has 0 amide bonds. The van der Waals surface area contributed by atoms with Gasteiger partial charge in [0.05, 0.1) is 17.3 Å². The quantitative estimate of drug-likeness (QED) is 0.679. The van der Waals surface area contributed by atoms with Crippen LogP contribution >= 0.6 is 0 Å². The first kappa shape index (κ1) is 24.1. The van der Waals surface area contributed by atoms with Gasteiger partial charge >= 0.3 is 18.1 Å². The Kier molecular flexibility index (Phi) is 6.57. The smallest absolute Gasteiger partial charge is 0.475 e. The third kappa shape index (κ3) is 5.07. The van der Waals surface area contributed by atoms with Crippen LogP contribution in [-0.4, -0.2) is 72.0 Å². The van der Waals surface area contributed by atoms with Crippen molar-refractivity contribution < 1.29 is 41.0 Å². The average Bonchev–Trinajstić information content (AvgIpc) is 3.15. The lowest BCUT2D eigenvalue weighted by molar-refractivity contribution is -0.192. The van der Waals surface area contributed by atoms with Crippen molar-refractivity contribution in [2.45, 2.75) is 50.0 Å². The number of rotatable bonds is 3. The second-order valence-corrected chi connectivity index (χ2v) is 9.83. The largest absolute Gasteiger partial charge is 0.490 e. The predicted molar refractivity (Wildman–Crippen MR) is 109 cm³/mol. The molecular weight excluding hydrogens is 453 g/mol. The van der Waals surface area contributed by atoms with E-state index in [0.717, 1.165) is 35.9 Å². The zero-order valence-electron chi connectivity index (χ0n) is 17.4. The van der Waals surface area contributed by atoms with E-state index < -0.39 is 28.1 Å². The SMILES string of the molecule is CN1[C@@H]2CC[C@H]1C[C@@H](OC(=O)c1cn(S(C)(=O)=O)c3ccccc13)C2.O=C(O)C(F)(F)F. The highest BCUT2D eigenvalue weighted by atomic mass is 32.2.